The molecule has 18 heavy (non-hydrogen) atoms. The summed E-state index contributed by atoms with van der Waals surface area (Å²) in [4.78, 5) is 14.4. The molecule has 0 aliphatic carbocycles. The summed E-state index contributed by atoms with van der Waals surface area (Å²) in [6.45, 7) is 8.06. The smallest absolute Gasteiger partial charge is 0.237 e. The number of nitrogens with one attached hydrogen (secondary N) is 1. The molecule has 1 rings (SSSR count). The molecule has 2 atom stereocenters. The third-order valence-electron chi connectivity index (χ3n) is 2.95. The molecule has 3 nitrogen and oxygen atoms in total. The molecule has 0 spiro atoms. The molecule has 1 aromatic rings. The quantitative estimate of drug-likeness (QED) is 0.885. The van der Waals surface area contributed by atoms with Crippen molar-refractivity contribution in [1.82, 2.24) is 5.32 Å². The van der Waals surface area contributed by atoms with Crippen molar-refractivity contribution in [2.24, 2.45) is 5.92 Å². The minimum absolute atomic E-state index is 0.0323. The molecule has 1 N–H and O–H groups in total. The maximum absolute atomic E-state index is 11.9. The fourth-order valence-corrected chi connectivity index (χ4v) is 3.04. The Morgan fingerprint density at radius 2 is 2.22 bits per heavy atom. The number of carbonyl (C=O) groups is 1. The van der Waals surface area contributed by atoms with Crippen LogP contribution in [-0.2, 0) is 4.79 Å². The minimum atomic E-state index is -0.530. The van der Waals surface area contributed by atoms with Crippen LogP contribution < -0.4 is 5.32 Å². The lowest BCUT2D eigenvalue weighted by atomic mass is 10.0. The molecule has 0 radical (unpaired) electrons. The van der Waals surface area contributed by atoms with Crippen LogP contribution in [0.3, 0.4) is 0 Å². The Kier molecular flexibility index (Phi) is 5.36. The SMILES string of the molecule is CCCC(C#N)C(=O)NC(C)c1cc(C)sc1C. The minimum Gasteiger partial charge on any atom is -0.348 e. The van der Waals surface area contributed by atoms with Gasteiger partial charge in [0.2, 0.25) is 5.91 Å². The second-order valence-electron chi connectivity index (χ2n) is 4.57. The summed E-state index contributed by atoms with van der Waals surface area (Å²) in [6, 6.07) is 4.14. The average Bonchev–Trinajstić information content (AvgIpc) is 2.65. The van der Waals surface area contributed by atoms with Crippen molar-refractivity contribution >= 4 is 17.2 Å². The first-order valence-electron chi connectivity index (χ1n) is 6.26. The van der Waals surface area contributed by atoms with Gasteiger partial charge in [-0.3, -0.25) is 4.79 Å². The van der Waals surface area contributed by atoms with E-state index in [9.17, 15) is 4.79 Å². The number of carbonyl (C=O) groups excluding carboxylic acids is 1. The Bertz CT molecular complexity index is 459. The first-order valence-corrected chi connectivity index (χ1v) is 7.08. The summed E-state index contributed by atoms with van der Waals surface area (Å²) in [5, 5.41) is 11.9. The van der Waals surface area contributed by atoms with Gasteiger partial charge in [0, 0.05) is 9.75 Å². The summed E-state index contributed by atoms with van der Waals surface area (Å²) >= 11 is 1.73. The monoisotopic (exact) mass is 264 g/mol. The number of amides is 1. The van der Waals surface area contributed by atoms with Crippen molar-refractivity contribution in [3.05, 3.63) is 21.4 Å². The zero-order chi connectivity index (χ0) is 13.7. The van der Waals surface area contributed by atoms with Crippen molar-refractivity contribution in [3.63, 3.8) is 0 Å². The van der Waals surface area contributed by atoms with E-state index in [4.69, 9.17) is 5.26 Å². The predicted molar refractivity (Wildman–Crippen MR) is 74.4 cm³/mol. The molecule has 4 heteroatoms. The van der Waals surface area contributed by atoms with E-state index >= 15 is 0 Å². The molecular weight excluding hydrogens is 244 g/mol. The summed E-state index contributed by atoms with van der Waals surface area (Å²) in [5.41, 5.74) is 1.15. The average molecular weight is 264 g/mol. The van der Waals surface area contributed by atoms with Crippen LogP contribution in [0.25, 0.3) is 0 Å². The largest absolute Gasteiger partial charge is 0.348 e. The van der Waals surface area contributed by atoms with Crippen molar-refractivity contribution in [1.29, 1.82) is 5.26 Å². The fourth-order valence-electron chi connectivity index (χ4n) is 2.02. The van der Waals surface area contributed by atoms with Gasteiger partial charge >= 0.3 is 0 Å². The highest BCUT2D eigenvalue weighted by Gasteiger charge is 2.20. The summed E-state index contributed by atoms with van der Waals surface area (Å²) < 4.78 is 0. The standard InChI is InChI=1S/C14H20N2OS/c1-5-6-12(8-15)14(17)16-10(3)13-7-9(2)18-11(13)4/h7,10,12H,5-6H2,1-4H3,(H,16,17). The highest BCUT2D eigenvalue weighted by atomic mass is 32.1. The van der Waals surface area contributed by atoms with Crippen LogP contribution in [0, 0.1) is 31.1 Å². The fraction of sp³-hybridized carbons (Fsp3) is 0.571. The van der Waals surface area contributed by atoms with Gasteiger partial charge in [0.05, 0.1) is 12.1 Å². The Balaban J connectivity index is 2.70. The molecule has 1 heterocycles. The normalized spacial score (nSPS) is 13.7. The second kappa shape index (κ2) is 6.55. The van der Waals surface area contributed by atoms with Crippen molar-refractivity contribution in [2.45, 2.75) is 46.6 Å². The molecular formula is C14H20N2OS. The Morgan fingerprint density at radius 3 is 2.67 bits per heavy atom. The van der Waals surface area contributed by atoms with Gasteiger partial charge in [0.15, 0.2) is 0 Å². The zero-order valence-electron chi connectivity index (χ0n) is 11.4. The number of aryl methyl sites for hydroxylation is 2. The van der Waals surface area contributed by atoms with Crippen LogP contribution in [0.5, 0.6) is 0 Å². The number of nitrogens with zero attached hydrogens (tertiary/aromatic N) is 1. The molecule has 0 aliphatic rings. The van der Waals surface area contributed by atoms with Crippen LogP contribution in [0.1, 0.15) is 48.0 Å². The van der Waals surface area contributed by atoms with Gasteiger partial charge in [-0.2, -0.15) is 5.26 Å². The van der Waals surface area contributed by atoms with Crippen LogP contribution in [-0.4, -0.2) is 5.91 Å². The first kappa shape index (κ1) is 14.7. The van der Waals surface area contributed by atoms with E-state index < -0.39 is 5.92 Å². The Hall–Kier alpha value is -1.34. The summed E-state index contributed by atoms with van der Waals surface area (Å²) in [7, 11) is 0. The predicted octanol–water partition coefficient (Wildman–Crippen LogP) is 3.48. The molecule has 0 aliphatic heterocycles. The molecule has 0 fully saturated rings. The lowest BCUT2D eigenvalue weighted by Crippen LogP contribution is -2.32. The van der Waals surface area contributed by atoms with E-state index in [1.807, 2.05) is 13.8 Å². The summed E-state index contributed by atoms with van der Waals surface area (Å²) in [5.74, 6) is -0.687. The molecule has 1 amide bonds. The maximum Gasteiger partial charge on any atom is 0.237 e. The number of thiophene rings is 1. The van der Waals surface area contributed by atoms with Crippen LogP contribution in [0.15, 0.2) is 6.07 Å². The van der Waals surface area contributed by atoms with Gasteiger partial charge < -0.3 is 5.32 Å². The van der Waals surface area contributed by atoms with E-state index in [2.05, 4.69) is 31.3 Å². The maximum atomic E-state index is 11.9. The first-order chi connectivity index (χ1) is 8.49. The topological polar surface area (TPSA) is 52.9 Å². The van der Waals surface area contributed by atoms with E-state index in [0.29, 0.717) is 6.42 Å². The van der Waals surface area contributed by atoms with Crippen molar-refractivity contribution in [2.75, 3.05) is 0 Å². The summed E-state index contributed by atoms with van der Waals surface area (Å²) in [6.07, 6.45) is 1.47. The molecule has 2 unspecified atom stereocenters. The highest BCUT2D eigenvalue weighted by Crippen LogP contribution is 2.26. The zero-order valence-corrected chi connectivity index (χ0v) is 12.2. The van der Waals surface area contributed by atoms with Gasteiger partial charge in [0.25, 0.3) is 0 Å². The number of rotatable bonds is 5. The van der Waals surface area contributed by atoms with Gasteiger partial charge in [-0.15, -0.1) is 11.3 Å². The lowest BCUT2D eigenvalue weighted by molar-refractivity contribution is -0.124. The van der Waals surface area contributed by atoms with E-state index in [1.54, 1.807) is 11.3 Å². The molecule has 98 valence electrons. The van der Waals surface area contributed by atoms with Gasteiger partial charge in [-0.1, -0.05) is 13.3 Å². The Labute approximate surface area is 113 Å². The number of hydrogen-bond acceptors (Lipinski definition) is 3. The lowest BCUT2D eigenvalue weighted by Gasteiger charge is -2.16. The van der Waals surface area contributed by atoms with E-state index in [1.165, 1.54) is 9.75 Å². The molecule has 0 saturated carbocycles. The van der Waals surface area contributed by atoms with E-state index in [0.717, 1.165) is 12.0 Å². The molecule has 0 bridgehead atoms. The second-order valence-corrected chi connectivity index (χ2v) is 6.03. The highest BCUT2D eigenvalue weighted by molar-refractivity contribution is 7.12. The van der Waals surface area contributed by atoms with Crippen LogP contribution in [0.4, 0.5) is 0 Å². The van der Waals surface area contributed by atoms with Gasteiger partial charge in [0.1, 0.15) is 5.92 Å². The van der Waals surface area contributed by atoms with Crippen molar-refractivity contribution < 1.29 is 4.79 Å². The molecule has 0 aromatic carbocycles. The number of nitriles is 1. The number of hydrogen-bond donors (Lipinski definition) is 1. The third kappa shape index (κ3) is 3.58. The van der Waals surface area contributed by atoms with E-state index in [-0.39, 0.29) is 11.9 Å². The van der Waals surface area contributed by atoms with Gasteiger partial charge in [-0.25, -0.2) is 0 Å². The Morgan fingerprint density at radius 1 is 1.56 bits per heavy atom. The van der Waals surface area contributed by atoms with Crippen molar-refractivity contribution in [3.8, 4) is 6.07 Å². The van der Waals surface area contributed by atoms with Crippen LogP contribution >= 0.6 is 11.3 Å². The third-order valence-corrected chi connectivity index (χ3v) is 3.94. The molecule has 0 saturated heterocycles. The molecule has 1 aromatic heterocycles. The van der Waals surface area contributed by atoms with Crippen LogP contribution in [0.2, 0.25) is 0 Å². The van der Waals surface area contributed by atoms with Gasteiger partial charge in [-0.05, 0) is 38.8 Å².